The first kappa shape index (κ1) is 18.3. The number of rotatable bonds is 6. The minimum Gasteiger partial charge on any atom is -0.383 e. The first-order valence-corrected chi connectivity index (χ1v) is 9.75. The number of aryl methyl sites for hydroxylation is 1. The van der Waals surface area contributed by atoms with Crippen LogP contribution in [0.15, 0.2) is 54.9 Å². The normalized spacial score (nSPS) is 11.1. The fraction of sp³-hybridized carbons (Fsp3) is 0.190. The molecule has 1 aromatic carbocycles. The lowest BCUT2D eigenvalue weighted by molar-refractivity contribution is 0.103. The third-order valence-electron chi connectivity index (χ3n) is 4.45. The van der Waals surface area contributed by atoms with Crippen LogP contribution in [0.5, 0.6) is 0 Å². The number of amides is 1. The zero-order valence-electron chi connectivity index (χ0n) is 15.7. The molecule has 0 aliphatic carbocycles. The zero-order valence-corrected chi connectivity index (χ0v) is 16.5. The molecule has 4 aromatic rings. The van der Waals surface area contributed by atoms with Crippen LogP contribution in [0.25, 0.3) is 21.6 Å². The van der Waals surface area contributed by atoms with Gasteiger partial charge in [-0.3, -0.25) is 9.78 Å². The van der Waals surface area contributed by atoms with Crippen molar-refractivity contribution in [1.29, 1.82) is 0 Å². The zero-order chi connectivity index (χ0) is 19.5. The van der Waals surface area contributed by atoms with Crippen LogP contribution in [0.3, 0.4) is 0 Å². The van der Waals surface area contributed by atoms with Crippen molar-refractivity contribution in [3.8, 4) is 10.7 Å². The topological polar surface area (TPSA) is 69.0 Å². The van der Waals surface area contributed by atoms with Gasteiger partial charge in [-0.2, -0.15) is 0 Å². The lowest BCUT2D eigenvalue weighted by Crippen LogP contribution is -2.11. The van der Waals surface area contributed by atoms with Crippen molar-refractivity contribution in [3.63, 3.8) is 0 Å². The molecule has 0 spiro atoms. The van der Waals surface area contributed by atoms with E-state index in [9.17, 15) is 4.79 Å². The van der Waals surface area contributed by atoms with Gasteiger partial charge in [0, 0.05) is 42.6 Å². The number of hydrogen-bond acceptors (Lipinski definition) is 5. The Morgan fingerprint density at radius 3 is 2.93 bits per heavy atom. The van der Waals surface area contributed by atoms with E-state index in [-0.39, 0.29) is 5.91 Å². The molecule has 142 valence electrons. The van der Waals surface area contributed by atoms with Crippen LogP contribution in [0.2, 0.25) is 0 Å². The number of benzene rings is 1. The van der Waals surface area contributed by atoms with E-state index in [1.54, 1.807) is 13.3 Å². The Morgan fingerprint density at radius 2 is 2.14 bits per heavy atom. The standard InChI is InChI=1S/C21H20N4O2S/c1-14-19(28-21(23-14)17-5-3-4-9-22-17)20(26)24-16-6-7-18-15(13-16)8-10-25(18)11-12-27-2/h3-10,13H,11-12H2,1-2H3,(H,24,26). The minimum absolute atomic E-state index is 0.157. The lowest BCUT2D eigenvalue weighted by atomic mass is 10.2. The molecule has 0 unspecified atom stereocenters. The molecule has 0 aliphatic rings. The molecule has 3 heterocycles. The average Bonchev–Trinajstić information content (AvgIpc) is 3.30. The van der Waals surface area contributed by atoms with Crippen molar-refractivity contribution in [2.75, 3.05) is 19.0 Å². The van der Waals surface area contributed by atoms with Crippen LogP contribution in [0.4, 0.5) is 5.69 Å². The summed E-state index contributed by atoms with van der Waals surface area (Å²) in [6.45, 7) is 3.30. The first-order chi connectivity index (χ1) is 13.7. The van der Waals surface area contributed by atoms with Crippen molar-refractivity contribution >= 4 is 33.8 Å². The summed E-state index contributed by atoms with van der Waals surface area (Å²) >= 11 is 1.35. The fourth-order valence-electron chi connectivity index (χ4n) is 3.06. The number of nitrogens with zero attached hydrogens (tertiary/aromatic N) is 3. The second kappa shape index (κ2) is 7.92. The molecule has 28 heavy (non-hydrogen) atoms. The smallest absolute Gasteiger partial charge is 0.267 e. The lowest BCUT2D eigenvalue weighted by Gasteiger charge is -2.07. The van der Waals surface area contributed by atoms with Gasteiger partial charge in [-0.25, -0.2) is 4.98 Å². The van der Waals surface area contributed by atoms with Crippen LogP contribution >= 0.6 is 11.3 Å². The summed E-state index contributed by atoms with van der Waals surface area (Å²) in [6, 6.07) is 13.6. The van der Waals surface area contributed by atoms with Crippen LogP contribution < -0.4 is 5.32 Å². The molecule has 4 rings (SSSR count). The van der Waals surface area contributed by atoms with Gasteiger partial charge in [0.2, 0.25) is 0 Å². The summed E-state index contributed by atoms with van der Waals surface area (Å²) in [6.07, 6.45) is 3.75. The third-order valence-corrected chi connectivity index (χ3v) is 5.63. The molecule has 3 aromatic heterocycles. The maximum Gasteiger partial charge on any atom is 0.267 e. The van der Waals surface area contributed by atoms with Crippen molar-refractivity contribution < 1.29 is 9.53 Å². The fourth-order valence-corrected chi connectivity index (χ4v) is 3.99. The summed E-state index contributed by atoms with van der Waals surface area (Å²) in [5, 5.41) is 4.80. The van der Waals surface area contributed by atoms with Gasteiger partial charge in [0.05, 0.1) is 18.0 Å². The number of carbonyl (C=O) groups excluding carboxylic acids is 1. The second-order valence-electron chi connectivity index (χ2n) is 6.38. The van der Waals surface area contributed by atoms with Crippen LogP contribution in [0.1, 0.15) is 15.4 Å². The van der Waals surface area contributed by atoms with E-state index >= 15 is 0 Å². The Kier molecular flexibility index (Phi) is 5.18. The first-order valence-electron chi connectivity index (χ1n) is 8.94. The summed E-state index contributed by atoms with van der Waals surface area (Å²) in [5.74, 6) is -0.157. The molecule has 1 amide bonds. The summed E-state index contributed by atoms with van der Waals surface area (Å²) in [4.78, 5) is 22.2. The van der Waals surface area contributed by atoms with Gasteiger partial charge in [0.15, 0.2) is 0 Å². The number of carbonyl (C=O) groups is 1. The van der Waals surface area contributed by atoms with Crippen LogP contribution in [-0.4, -0.2) is 34.2 Å². The number of methoxy groups -OCH3 is 1. The highest BCUT2D eigenvalue weighted by molar-refractivity contribution is 7.17. The van der Waals surface area contributed by atoms with Gasteiger partial charge in [0.25, 0.3) is 5.91 Å². The quantitative estimate of drug-likeness (QED) is 0.529. The van der Waals surface area contributed by atoms with Crippen molar-refractivity contribution in [1.82, 2.24) is 14.5 Å². The molecular formula is C21H20N4O2S. The Bertz CT molecular complexity index is 1120. The summed E-state index contributed by atoms with van der Waals surface area (Å²) < 4.78 is 7.28. The van der Waals surface area contributed by atoms with Gasteiger partial charge >= 0.3 is 0 Å². The van der Waals surface area contributed by atoms with Crippen LogP contribution in [-0.2, 0) is 11.3 Å². The Balaban J connectivity index is 1.54. The third kappa shape index (κ3) is 3.67. The molecule has 0 saturated carbocycles. The van der Waals surface area contributed by atoms with E-state index < -0.39 is 0 Å². The SMILES string of the molecule is COCCn1ccc2cc(NC(=O)c3sc(-c4ccccn4)nc3C)ccc21. The number of nitrogens with one attached hydrogen (secondary N) is 1. The van der Waals surface area contributed by atoms with Crippen molar-refractivity contribution in [3.05, 3.63) is 65.4 Å². The van der Waals surface area contributed by atoms with Crippen molar-refractivity contribution in [2.45, 2.75) is 13.5 Å². The largest absolute Gasteiger partial charge is 0.383 e. The highest BCUT2D eigenvalue weighted by Gasteiger charge is 2.17. The van der Waals surface area contributed by atoms with E-state index in [2.05, 4.69) is 19.9 Å². The number of ether oxygens (including phenoxy) is 1. The summed E-state index contributed by atoms with van der Waals surface area (Å²) in [7, 11) is 1.69. The molecule has 7 heteroatoms. The highest BCUT2D eigenvalue weighted by atomic mass is 32.1. The minimum atomic E-state index is -0.157. The molecule has 0 fully saturated rings. The number of hydrogen-bond donors (Lipinski definition) is 1. The molecule has 6 nitrogen and oxygen atoms in total. The van der Waals surface area contributed by atoms with Gasteiger partial charge in [-0.15, -0.1) is 11.3 Å². The van der Waals surface area contributed by atoms with Gasteiger partial charge < -0.3 is 14.6 Å². The van der Waals surface area contributed by atoms with E-state index in [0.717, 1.165) is 33.8 Å². The molecule has 0 atom stereocenters. The molecule has 0 radical (unpaired) electrons. The number of thiazole rings is 1. The highest BCUT2D eigenvalue weighted by Crippen LogP contribution is 2.28. The van der Waals surface area contributed by atoms with Crippen molar-refractivity contribution in [2.24, 2.45) is 0 Å². The van der Waals surface area contributed by atoms with E-state index in [0.29, 0.717) is 17.2 Å². The van der Waals surface area contributed by atoms with Gasteiger partial charge in [0.1, 0.15) is 9.88 Å². The molecular weight excluding hydrogens is 372 g/mol. The predicted octanol–water partition coefficient (Wildman–Crippen LogP) is 4.37. The monoisotopic (exact) mass is 392 g/mol. The van der Waals surface area contributed by atoms with Gasteiger partial charge in [-0.1, -0.05) is 6.07 Å². The molecule has 0 saturated heterocycles. The molecule has 1 N–H and O–H groups in total. The number of anilines is 1. The second-order valence-corrected chi connectivity index (χ2v) is 7.38. The maximum atomic E-state index is 12.8. The van der Waals surface area contributed by atoms with Crippen LogP contribution in [0, 0.1) is 6.92 Å². The average molecular weight is 392 g/mol. The van der Waals surface area contributed by atoms with E-state index in [4.69, 9.17) is 4.74 Å². The summed E-state index contributed by atoms with van der Waals surface area (Å²) in [5.41, 5.74) is 3.35. The van der Waals surface area contributed by atoms with E-state index in [1.165, 1.54) is 11.3 Å². The number of fused-ring (bicyclic) bond motifs is 1. The van der Waals surface area contributed by atoms with E-state index in [1.807, 2.05) is 55.6 Å². The Morgan fingerprint density at radius 1 is 1.25 bits per heavy atom. The Hall–Kier alpha value is -3.03. The Labute approximate surface area is 166 Å². The molecule has 0 bridgehead atoms. The number of pyridine rings is 1. The predicted molar refractivity (Wildman–Crippen MR) is 112 cm³/mol. The molecule has 0 aliphatic heterocycles. The van der Waals surface area contributed by atoms with Gasteiger partial charge in [-0.05, 0) is 43.3 Å². The maximum absolute atomic E-state index is 12.8. The number of aromatic nitrogens is 3.